The third-order valence-corrected chi connectivity index (χ3v) is 3.67. The van der Waals surface area contributed by atoms with Gasteiger partial charge < -0.3 is 9.42 Å². The molecule has 124 valence electrons. The van der Waals surface area contributed by atoms with E-state index < -0.39 is 12.1 Å². The van der Waals surface area contributed by atoms with Crippen molar-refractivity contribution in [1.29, 1.82) is 0 Å². The molecule has 1 aliphatic heterocycles. The van der Waals surface area contributed by atoms with Crippen LogP contribution in [0.25, 0.3) is 0 Å². The van der Waals surface area contributed by atoms with Gasteiger partial charge >= 0.3 is 12.1 Å². The maximum atomic E-state index is 12.5. The number of hydrogen-bond donors (Lipinski definition) is 0. The van der Waals surface area contributed by atoms with Gasteiger partial charge in [0.1, 0.15) is 0 Å². The molecular formula is C14H20F3N3O2. The summed E-state index contributed by atoms with van der Waals surface area (Å²) in [5.41, 5.74) is 0.860. The van der Waals surface area contributed by atoms with Crippen molar-refractivity contribution < 1.29 is 22.5 Å². The van der Waals surface area contributed by atoms with Gasteiger partial charge in [-0.2, -0.15) is 13.2 Å². The fourth-order valence-electron chi connectivity index (χ4n) is 2.41. The Labute approximate surface area is 127 Å². The molecule has 0 saturated carbocycles. The van der Waals surface area contributed by atoms with E-state index in [-0.39, 0.29) is 19.0 Å². The Kier molecular flexibility index (Phi) is 5.10. The van der Waals surface area contributed by atoms with Crippen LogP contribution in [-0.4, -0.2) is 53.2 Å². The van der Waals surface area contributed by atoms with Crippen molar-refractivity contribution in [1.82, 2.24) is 15.0 Å². The van der Waals surface area contributed by atoms with E-state index in [0.29, 0.717) is 31.8 Å². The van der Waals surface area contributed by atoms with Gasteiger partial charge in [0.05, 0.1) is 12.2 Å². The second-order valence-electron chi connectivity index (χ2n) is 5.79. The van der Waals surface area contributed by atoms with Crippen molar-refractivity contribution in [2.45, 2.75) is 38.9 Å². The molecule has 0 unspecified atom stereocenters. The largest absolute Gasteiger partial charge is 0.471 e. The number of hydrogen-bond acceptors (Lipinski definition) is 4. The second kappa shape index (κ2) is 6.68. The fraction of sp³-hybridized carbons (Fsp3) is 0.714. The molecule has 1 fully saturated rings. The Morgan fingerprint density at radius 2 is 2.05 bits per heavy atom. The SMILES string of the molecule is CC(C)c1cc(CN2CCCN(C(=O)C(F)(F)F)CC2)on1. The number of carbonyl (C=O) groups excluding carboxylic acids is 1. The molecule has 0 radical (unpaired) electrons. The van der Waals surface area contributed by atoms with Crippen LogP contribution in [0.15, 0.2) is 10.6 Å². The molecule has 1 amide bonds. The lowest BCUT2D eigenvalue weighted by Gasteiger charge is -2.22. The number of carbonyl (C=O) groups is 1. The number of aromatic nitrogens is 1. The predicted molar refractivity (Wildman–Crippen MR) is 73.1 cm³/mol. The first kappa shape index (κ1) is 16.8. The quantitative estimate of drug-likeness (QED) is 0.858. The van der Waals surface area contributed by atoms with Gasteiger partial charge in [-0.3, -0.25) is 9.69 Å². The lowest BCUT2D eigenvalue weighted by atomic mass is 10.1. The van der Waals surface area contributed by atoms with Crippen LogP contribution in [0.1, 0.15) is 37.6 Å². The number of nitrogens with zero attached hydrogens (tertiary/aromatic N) is 3. The highest BCUT2D eigenvalue weighted by Crippen LogP contribution is 2.20. The van der Waals surface area contributed by atoms with Crippen LogP contribution < -0.4 is 0 Å². The Bertz CT molecular complexity index is 514. The molecule has 1 aliphatic rings. The molecule has 2 heterocycles. The topological polar surface area (TPSA) is 49.6 Å². The number of halogens is 3. The van der Waals surface area contributed by atoms with Crippen LogP contribution in [0.3, 0.4) is 0 Å². The average Bonchev–Trinajstić information content (AvgIpc) is 2.77. The van der Waals surface area contributed by atoms with Crippen molar-refractivity contribution in [3.63, 3.8) is 0 Å². The highest BCUT2D eigenvalue weighted by Gasteiger charge is 2.42. The van der Waals surface area contributed by atoms with Gasteiger partial charge in [-0.25, -0.2) is 0 Å². The molecule has 0 bridgehead atoms. The molecule has 0 atom stereocenters. The minimum atomic E-state index is -4.80. The second-order valence-corrected chi connectivity index (χ2v) is 5.79. The van der Waals surface area contributed by atoms with Gasteiger partial charge in [0.15, 0.2) is 5.76 Å². The van der Waals surface area contributed by atoms with Gasteiger partial charge in [0, 0.05) is 32.2 Å². The zero-order chi connectivity index (χ0) is 16.3. The van der Waals surface area contributed by atoms with Crippen molar-refractivity contribution in [2.24, 2.45) is 0 Å². The minimum absolute atomic E-state index is 0.0729. The van der Waals surface area contributed by atoms with E-state index in [1.165, 1.54) is 0 Å². The van der Waals surface area contributed by atoms with E-state index in [2.05, 4.69) is 5.16 Å². The van der Waals surface area contributed by atoms with Crippen molar-refractivity contribution in [3.8, 4) is 0 Å². The average molecular weight is 319 g/mol. The Morgan fingerprint density at radius 1 is 1.32 bits per heavy atom. The first-order valence-corrected chi connectivity index (χ1v) is 7.31. The van der Waals surface area contributed by atoms with Gasteiger partial charge in [-0.05, 0) is 12.3 Å². The standard InChI is InChI=1S/C14H20F3N3O2/c1-10(2)12-8-11(22-18-12)9-19-4-3-5-20(7-6-19)13(21)14(15,16)17/h8,10H,3-7,9H2,1-2H3. The molecule has 1 aromatic heterocycles. The molecule has 22 heavy (non-hydrogen) atoms. The minimum Gasteiger partial charge on any atom is -0.360 e. The Hall–Kier alpha value is -1.57. The molecule has 8 heteroatoms. The number of rotatable bonds is 3. The van der Waals surface area contributed by atoms with E-state index in [1.54, 1.807) is 0 Å². The number of amides is 1. The summed E-state index contributed by atoms with van der Waals surface area (Å²) in [6.07, 6.45) is -4.29. The van der Waals surface area contributed by atoms with E-state index in [4.69, 9.17) is 4.52 Å². The zero-order valence-corrected chi connectivity index (χ0v) is 12.7. The van der Waals surface area contributed by atoms with E-state index in [1.807, 2.05) is 24.8 Å². The summed E-state index contributed by atoms with van der Waals surface area (Å²) < 4.78 is 42.6. The van der Waals surface area contributed by atoms with Crippen LogP contribution in [0, 0.1) is 0 Å². The molecule has 1 saturated heterocycles. The van der Waals surface area contributed by atoms with Crippen LogP contribution >= 0.6 is 0 Å². The van der Waals surface area contributed by atoms with Crippen LogP contribution in [0.4, 0.5) is 13.2 Å². The van der Waals surface area contributed by atoms with Gasteiger partial charge in [0.2, 0.25) is 0 Å². The van der Waals surface area contributed by atoms with Crippen LogP contribution in [-0.2, 0) is 11.3 Å². The lowest BCUT2D eigenvalue weighted by molar-refractivity contribution is -0.185. The summed E-state index contributed by atoms with van der Waals surface area (Å²) in [7, 11) is 0. The van der Waals surface area contributed by atoms with Crippen molar-refractivity contribution in [3.05, 3.63) is 17.5 Å². The van der Waals surface area contributed by atoms with Crippen molar-refractivity contribution in [2.75, 3.05) is 26.2 Å². The highest BCUT2D eigenvalue weighted by molar-refractivity contribution is 5.81. The third kappa shape index (κ3) is 4.22. The molecule has 2 rings (SSSR count). The van der Waals surface area contributed by atoms with E-state index >= 15 is 0 Å². The summed E-state index contributed by atoms with van der Waals surface area (Å²) in [5.74, 6) is -0.795. The van der Waals surface area contributed by atoms with Crippen molar-refractivity contribution >= 4 is 5.91 Å². The van der Waals surface area contributed by atoms with Gasteiger partial charge in [-0.15, -0.1) is 0 Å². The van der Waals surface area contributed by atoms with Gasteiger partial charge in [-0.1, -0.05) is 19.0 Å². The summed E-state index contributed by atoms with van der Waals surface area (Å²) in [6.45, 7) is 5.72. The van der Waals surface area contributed by atoms with Gasteiger partial charge in [0.25, 0.3) is 0 Å². The Balaban J connectivity index is 1.91. The molecule has 0 aliphatic carbocycles. The van der Waals surface area contributed by atoms with E-state index in [9.17, 15) is 18.0 Å². The summed E-state index contributed by atoms with van der Waals surface area (Å²) >= 11 is 0. The van der Waals surface area contributed by atoms with E-state index in [0.717, 1.165) is 10.6 Å². The molecule has 0 aromatic carbocycles. The molecule has 5 nitrogen and oxygen atoms in total. The first-order chi connectivity index (χ1) is 10.3. The summed E-state index contributed by atoms with van der Waals surface area (Å²) in [6, 6.07) is 1.87. The molecule has 0 spiro atoms. The fourth-order valence-corrected chi connectivity index (χ4v) is 2.41. The molecule has 1 aromatic rings. The zero-order valence-electron chi connectivity index (χ0n) is 12.7. The Morgan fingerprint density at radius 3 is 2.64 bits per heavy atom. The smallest absolute Gasteiger partial charge is 0.360 e. The monoisotopic (exact) mass is 319 g/mol. The maximum absolute atomic E-state index is 12.5. The molecule has 0 N–H and O–H groups in total. The predicted octanol–water partition coefficient (Wildman–Crippen LogP) is 2.39. The molecular weight excluding hydrogens is 299 g/mol. The number of alkyl halides is 3. The van der Waals surface area contributed by atoms with Crippen LogP contribution in [0.5, 0.6) is 0 Å². The maximum Gasteiger partial charge on any atom is 0.471 e. The highest BCUT2D eigenvalue weighted by atomic mass is 19.4. The first-order valence-electron chi connectivity index (χ1n) is 7.31. The lowest BCUT2D eigenvalue weighted by Crippen LogP contribution is -2.43. The van der Waals surface area contributed by atoms with Crippen LogP contribution in [0.2, 0.25) is 0 Å². The normalized spacial score (nSPS) is 17.8. The third-order valence-electron chi connectivity index (χ3n) is 3.67. The summed E-state index contributed by atoms with van der Waals surface area (Å²) in [4.78, 5) is 14.1. The summed E-state index contributed by atoms with van der Waals surface area (Å²) in [5, 5.41) is 3.97.